The van der Waals surface area contributed by atoms with Crippen LogP contribution in [0.2, 0.25) is 0 Å². The number of hydrogen-bond donors (Lipinski definition) is 2. The van der Waals surface area contributed by atoms with Gasteiger partial charge in [-0.05, 0) is 43.2 Å². The van der Waals surface area contributed by atoms with Crippen molar-refractivity contribution in [3.8, 4) is 0 Å². The highest BCUT2D eigenvalue weighted by atomic mass is 16.5. The molecule has 2 bridgehead atoms. The lowest BCUT2D eigenvalue weighted by Crippen LogP contribution is -2.51. The van der Waals surface area contributed by atoms with Gasteiger partial charge in [0.15, 0.2) is 0 Å². The van der Waals surface area contributed by atoms with E-state index in [4.69, 9.17) is 4.74 Å². The van der Waals surface area contributed by atoms with Gasteiger partial charge in [-0.2, -0.15) is 0 Å². The van der Waals surface area contributed by atoms with Crippen molar-refractivity contribution < 1.29 is 14.6 Å². The first-order valence-electron chi connectivity index (χ1n) is 9.65. The number of aromatic nitrogens is 1. The van der Waals surface area contributed by atoms with Crippen LogP contribution in [-0.4, -0.2) is 53.3 Å². The Labute approximate surface area is 154 Å². The monoisotopic (exact) mass is 356 g/mol. The topological polar surface area (TPSA) is 65.6 Å². The van der Waals surface area contributed by atoms with Crippen molar-refractivity contribution in [1.82, 2.24) is 9.88 Å². The summed E-state index contributed by atoms with van der Waals surface area (Å²) in [6.45, 7) is 4.62. The number of rotatable bonds is 2. The highest BCUT2D eigenvalue weighted by Gasteiger charge is 2.40. The van der Waals surface area contributed by atoms with Crippen molar-refractivity contribution in [1.29, 1.82) is 0 Å². The average molecular weight is 356 g/mol. The fourth-order valence-electron chi connectivity index (χ4n) is 4.96. The van der Waals surface area contributed by atoms with E-state index in [1.54, 1.807) is 0 Å². The van der Waals surface area contributed by atoms with Gasteiger partial charge in [-0.1, -0.05) is 25.1 Å². The highest BCUT2D eigenvalue weighted by molar-refractivity contribution is 5.88. The highest BCUT2D eigenvalue weighted by Crippen LogP contribution is 2.39. The van der Waals surface area contributed by atoms with Gasteiger partial charge >= 0.3 is 5.97 Å². The first kappa shape index (κ1) is 17.6. The predicted octanol–water partition coefficient (Wildman–Crippen LogP) is 2.83. The summed E-state index contributed by atoms with van der Waals surface area (Å²) in [5.41, 5.74) is 2.66. The Morgan fingerprint density at radius 3 is 3.00 bits per heavy atom. The summed E-state index contributed by atoms with van der Waals surface area (Å²) in [5, 5.41) is 12.1. The van der Waals surface area contributed by atoms with E-state index in [-0.39, 0.29) is 17.8 Å². The van der Waals surface area contributed by atoms with Crippen molar-refractivity contribution in [3.63, 3.8) is 0 Å². The molecule has 2 aromatic rings. The van der Waals surface area contributed by atoms with Crippen LogP contribution >= 0.6 is 0 Å². The molecule has 140 valence electrons. The fourth-order valence-corrected chi connectivity index (χ4v) is 4.96. The quantitative estimate of drug-likeness (QED) is 0.812. The molecule has 0 aliphatic carbocycles. The third-order valence-corrected chi connectivity index (χ3v) is 6.29. The van der Waals surface area contributed by atoms with Gasteiger partial charge in [0.1, 0.15) is 0 Å². The van der Waals surface area contributed by atoms with Crippen LogP contribution in [0.5, 0.6) is 0 Å². The zero-order valence-corrected chi connectivity index (χ0v) is 15.6. The molecule has 5 nitrogen and oxygen atoms in total. The van der Waals surface area contributed by atoms with Gasteiger partial charge in [-0.25, -0.2) is 0 Å². The number of aliphatic hydroxyl groups is 1. The standard InChI is InChI=1S/C21H28N2O3/c1-3-21(25)11-14-10-17(20(24)26-2)19-16(8-9-23(12-14)13-21)15-6-4-5-7-18(15)22-19/h4-7,14,17,22,25H,3,8-13H2,1-2H3/t14?,17-,21+/m1/s1. The van der Waals surface area contributed by atoms with E-state index in [0.29, 0.717) is 6.42 Å². The van der Waals surface area contributed by atoms with E-state index in [2.05, 4.69) is 22.0 Å². The molecule has 0 radical (unpaired) electrons. The van der Waals surface area contributed by atoms with Crippen molar-refractivity contribution in [2.45, 2.75) is 44.1 Å². The summed E-state index contributed by atoms with van der Waals surface area (Å²) < 4.78 is 5.16. The molecular weight excluding hydrogens is 328 g/mol. The molecule has 4 atom stereocenters. The van der Waals surface area contributed by atoms with Gasteiger partial charge in [-0.15, -0.1) is 0 Å². The van der Waals surface area contributed by atoms with Gasteiger partial charge in [-0.3, -0.25) is 9.69 Å². The second-order valence-electron chi connectivity index (χ2n) is 8.01. The number of carbonyl (C=O) groups is 1. The molecule has 1 aromatic heterocycles. The molecule has 2 aliphatic rings. The number of piperidine rings is 1. The zero-order chi connectivity index (χ0) is 18.3. The van der Waals surface area contributed by atoms with E-state index in [0.717, 1.165) is 50.1 Å². The molecular formula is C21H28N2O3. The molecule has 5 heteroatoms. The Morgan fingerprint density at radius 2 is 2.23 bits per heavy atom. The molecule has 1 aromatic carbocycles. The smallest absolute Gasteiger partial charge is 0.314 e. The largest absolute Gasteiger partial charge is 0.469 e. The number of nitrogens with one attached hydrogen (secondary N) is 1. The maximum absolute atomic E-state index is 12.7. The Balaban J connectivity index is 1.79. The summed E-state index contributed by atoms with van der Waals surface area (Å²) >= 11 is 0. The van der Waals surface area contributed by atoms with Crippen molar-refractivity contribution in [2.75, 3.05) is 26.7 Å². The van der Waals surface area contributed by atoms with Gasteiger partial charge in [0, 0.05) is 36.2 Å². The summed E-state index contributed by atoms with van der Waals surface area (Å²) in [6.07, 6.45) is 3.09. The first-order chi connectivity index (χ1) is 12.5. The number of H-pyrrole nitrogens is 1. The van der Waals surface area contributed by atoms with Crippen LogP contribution in [0.25, 0.3) is 10.9 Å². The summed E-state index contributed by atoms with van der Waals surface area (Å²) in [5.74, 6) is -0.196. The lowest BCUT2D eigenvalue weighted by atomic mass is 9.79. The SMILES string of the molecule is CC[C@]1(O)CC2C[C@@H](C(=O)OC)c3[nH]c4ccccc4c3CCN(C2)C1. The third kappa shape index (κ3) is 3.03. The summed E-state index contributed by atoms with van der Waals surface area (Å²) in [6, 6.07) is 8.26. The molecule has 0 amide bonds. The van der Waals surface area contributed by atoms with E-state index < -0.39 is 5.60 Å². The third-order valence-electron chi connectivity index (χ3n) is 6.29. The number of para-hydroxylation sites is 1. The van der Waals surface area contributed by atoms with E-state index in [9.17, 15) is 9.90 Å². The minimum Gasteiger partial charge on any atom is -0.469 e. The minimum atomic E-state index is -0.649. The fraction of sp³-hybridized carbons (Fsp3) is 0.571. The molecule has 0 spiro atoms. The molecule has 0 saturated carbocycles. The maximum atomic E-state index is 12.7. The Hall–Kier alpha value is -1.85. The first-order valence-corrected chi connectivity index (χ1v) is 9.65. The zero-order valence-electron chi connectivity index (χ0n) is 15.6. The lowest BCUT2D eigenvalue weighted by molar-refractivity contribution is -0.143. The second-order valence-corrected chi connectivity index (χ2v) is 8.01. The van der Waals surface area contributed by atoms with E-state index in [1.807, 2.05) is 19.1 Å². The molecule has 2 aliphatic heterocycles. The Morgan fingerprint density at radius 1 is 1.42 bits per heavy atom. The van der Waals surface area contributed by atoms with Crippen molar-refractivity contribution in [2.24, 2.45) is 5.92 Å². The van der Waals surface area contributed by atoms with Gasteiger partial charge < -0.3 is 14.8 Å². The molecule has 2 unspecified atom stereocenters. The predicted molar refractivity (Wildman–Crippen MR) is 101 cm³/mol. The van der Waals surface area contributed by atoms with Crippen LogP contribution in [0.15, 0.2) is 24.3 Å². The van der Waals surface area contributed by atoms with Crippen LogP contribution in [0.3, 0.4) is 0 Å². The number of esters is 1. The van der Waals surface area contributed by atoms with Crippen LogP contribution < -0.4 is 0 Å². The van der Waals surface area contributed by atoms with Gasteiger partial charge in [0.05, 0.1) is 18.6 Å². The van der Waals surface area contributed by atoms with Crippen LogP contribution in [0, 0.1) is 5.92 Å². The minimum absolute atomic E-state index is 0.183. The molecule has 1 saturated heterocycles. The number of hydrogen-bond acceptors (Lipinski definition) is 4. The number of benzene rings is 1. The maximum Gasteiger partial charge on any atom is 0.314 e. The number of fused-ring (bicyclic) bond motifs is 5. The Bertz CT molecular complexity index is 815. The molecule has 3 heterocycles. The van der Waals surface area contributed by atoms with Crippen LogP contribution in [0.1, 0.15) is 43.4 Å². The number of ether oxygens (including phenoxy) is 1. The van der Waals surface area contributed by atoms with E-state index >= 15 is 0 Å². The van der Waals surface area contributed by atoms with Gasteiger partial charge in [0.25, 0.3) is 0 Å². The molecule has 1 fully saturated rings. The normalized spacial score (nSPS) is 31.6. The van der Waals surface area contributed by atoms with Crippen LogP contribution in [-0.2, 0) is 16.0 Å². The average Bonchev–Trinajstić information content (AvgIpc) is 3.02. The Kier molecular flexibility index (Phi) is 4.53. The number of carbonyl (C=O) groups excluding carboxylic acids is 1. The van der Waals surface area contributed by atoms with Crippen molar-refractivity contribution >= 4 is 16.9 Å². The number of nitrogens with zero attached hydrogens (tertiary/aromatic N) is 1. The number of aromatic amines is 1. The van der Waals surface area contributed by atoms with Crippen LogP contribution in [0.4, 0.5) is 0 Å². The van der Waals surface area contributed by atoms with E-state index in [1.165, 1.54) is 18.1 Å². The molecule has 26 heavy (non-hydrogen) atoms. The summed E-state index contributed by atoms with van der Waals surface area (Å²) in [7, 11) is 1.47. The number of methoxy groups -OCH3 is 1. The lowest BCUT2D eigenvalue weighted by Gasteiger charge is -2.43. The second kappa shape index (κ2) is 6.71. The van der Waals surface area contributed by atoms with Crippen molar-refractivity contribution in [3.05, 3.63) is 35.5 Å². The molecule has 4 rings (SSSR count). The summed E-state index contributed by atoms with van der Waals surface area (Å²) in [4.78, 5) is 18.5. The molecule has 2 N–H and O–H groups in total. The van der Waals surface area contributed by atoms with Gasteiger partial charge in [0.2, 0.25) is 0 Å².